The molecule has 1 N–H and O–H groups in total. The lowest BCUT2D eigenvalue weighted by molar-refractivity contribution is 0.0577. The zero-order chi connectivity index (χ0) is 31.3. The van der Waals surface area contributed by atoms with Crippen LogP contribution in [0.5, 0.6) is 5.75 Å². The lowest BCUT2D eigenvalue weighted by Crippen LogP contribution is -2.36. The first kappa shape index (κ1) is 31.1. The predicted octanol–water partition coefficient (Wildman–Crippen LogP) is 8.31. The average molecular weight is 582 g/mol. The lowest BCUT2D eigenvalue weighted by Gasteiger charge is -2.28. The summed E-state index contributed by atoms with van der Waals surface area (Å²) < 4.78 is 11.2. The van der Waals surface area contributed by atoms with Crippen LogP contribution < -0.4 is 14.5 Å². The van der Waals surface area contributed by atoms with Gasteiger partial charge in [-0.05, 0) is 88.1 Å². The summed E-state index contributed by atoms with van der Waals surface area (Å²) in [7, 11) is 1.60. The van der Waals surface area contributed by atoms with Gasteiger partial charge in [0.1, 0.15) is 11.4 Å². The number of ether oxygens (including phenoxy) is 2. The van der Waals surface area contributed by atoms with Crippen LogP contribution in [0.4, 0.5) is 21.0 Å². The predicted molar refractivity (Wildman–Crippen MR) is 170 cm³/mol. The molecule has 0 aliphatic heterocycles. The quantitative estimate of drug-likeness (QED) is 0.225. The Morgan fingerprint density at radius 1 is 0.837 bits per heavy atom. The van der Waals surface area contributed by atoms with Crippen molar-refractivity contribution in [3.63, 3.8) is 0 Å². The fraction of sp³-hybridized carbons (Fsp3) is 0.286. The van der Waals surface area contributed by atoms with Crippen LogP contribution in [0.2, 0.25) is 0 Å². The van der Waals surface area contributed by atoms with E-state index in [1.807, 2.05) is 114 Å². The van der Waals surface area contributed by atoms with Crippen molar-refractivity contribution in [1.82, 2.24) is 4.98 Å². The van der Waals surface area contributed by atoms with Gasteiger partial charge in [-0.1, -0.05) is 48.5 Å². The summed E-state index contributed by atoms with van der Waals surface area (Å²) in [6.45, 7) is 11.7. The molecule has 0 aliphatic rings. The van der Waals surface area contributed by atoms with E-state index in [0.29, 0.717) is 29.4 Å². The van der Waals surface area contributed by atoms with Crippen molar-refractivity contribution in [2.75, 3.05) is 16.9 Å². The summed E-state index contributed by atoms with van der Waals surface area (Å²) in [5.74, 6) is 0.702. The van der Waals surface area contributed by atoms with Gasteiger partial charge in [-0.3, -0.25) is 14.8 Å². The van der Waals surface area contributed by atoms with Gasteiger partial charge in [0.15, 0.2) is 0 Å². The maximum absolute atomic E-state index is 13.2. The monoisotopic (exact) mass is 581 g/mol. The molecule has 0 saturated heterocycles. The molecule has 0 unspecified atom stereocenters. The third-order valence-electron chi connectivity index (χ3n) is 6.97. The van der Waals surface area contributed by atoms with Gasteiger partial charge in [0.05, 0.1) is 25.9 Å². The second-order valence-corrected chi connectivity index (χ2v) is 11.6. The highest BCUT2D eigenvalue weighted by Gasteiger charge is 2.24. The Kier molecular flexibility index (Phi) is 9.39. The van der Waals surface area contributed by atoms with Crippen LogP contribution in [-0.4, -0.2) is 35.0 Å². The minimum atomic E-state index is -1.08. The Morgan fingerprint density at radius 2 is 1.51 bits per heavy atom. The molecular formula is C35H39N3O5. The van der Waals surface area contributed by atoms with Gasteiger partial charge in [0.25, 0.3) is 0 Å². The van der Waals surface area contributed by atoms with E-state index < -0.39 is 17.8 Å². The van der Waals surface area contributed by atoms with E-state index in [1.54, 1.807) is 18.2 Å². The molecule has 0 bridgehead atoms. The number of amides is 2. The Morgan fingerprint density at radius 3 is 2.12 bits per heavy atom. The summed E-state index contributed by atoms with van der Waals surface area (Å²) in [6, 6.07) is 23.1. The van der Waals surface area contributed by atoms with E-state index >= 15 is 0 Å². The Labute approximate surface area is 253 Å². The molecule has 0 saturated carbocycles. The topological polar surface area (TPSA) is 92.2 Å². The van der Waals surface area contributed by atoms with E-state index in [4.69, 9.17) is 9.47 Å². The van der Waals surface area contributed by atoms with Crippen molar-refractivity contribution in [1.29, 1.82) is 0 Å². The van der Waals surface area contributed by atoms with Gasteiger partial charge >= 0.3 is 12.2 Å². The van der Waals surface area contributed by atoms with Gasteiger partial charge in [-0.15, -0.1) is 0 Å². The van der Waals surface area contributed by atoms with Crippen LogP contribution in [0.1, 0.15) is 48.7 Å². The lowest BCUT2D eigenvalue weighted by atomic mass is 10.0. The molecule has 0 aliphatic carbocycles. The van der Waals surface area contributed by atoms with E-state index in [1.165, 1.54) is 4.90 Å². The van der Waals surface area contributed by atoms with E-state index in [-0.39, 0.29) is 6.54 Å². The molecule has 0 atom stereocenters. The van der Waals surface area contributed by atoms with Crippen LogP contribution in [0.3, 0.4) is 0 Å². The van der Waals surface area contributed by atoms with Gasteiger partial charge in [-0.25, -0.2) is 9.59 Å². The summed E-state index contributed by atoms with van der Waals surface area (Å²) in [4.78, 5) is 33.1. The molecule has 3 aromatic carbocycles. The minimum Gasteiger partial charge on any atom is -0.496 e. The van der Waals surface area contributed by atoms with Gasteiger partial charge in [0, 0.05) is 28.7 Å². The zero-order valence-corrected chi connectivity index (χ0v) is 25.8. The van der Waals surface area contributed by atoms with Crippen LogP contribution >= 0.6 is 0 Å². The number of anilines is 2. The molecule has 4 rings (SSSR count). The van der Waals surface area contributed by atoms with Crippen LogP contribution in [0.15, 0.2) is 79.0 Å². The number of carboxylic acid groups (broad SMARTS) is 1. The molecular weight excluding hydrogens is 542 g/mol. The first-order valence-corrected chi connectivity index (χ1v) is 14.1. The SMILES string of the molecule is COc1c(C)cnc(CN(C(=O)O)c2cc(C)cc(-c3ccc(N(Cc4ccccc4)C(=O)OC(C)(C)C)cc3)c2)c1C. The van der Waals surface area contributed by atoms with Crippen molar-refractivity contribution >= 4 is 23.6 Å². The zero-order valence-electron chi connectivity index (χ0n) is 25.8. The van der Waals surface area contributed by atoms with Gasteiger partial charge < -0.3 is 14.6 Å². The third kappa shape index (κ3) is 7.71. The molecule has 8 nitrogen and oxygen atoms in total. The number of methoxy groups -OCH3 is 1. The first-order valence-electron chi connectivity index (χ1n) is 14.1. The molecule has 224 valence electrons. The number of carbonyl (C=O) groups excluding carboxylic acids is 1. The number of benzene rings is 3. The molecule has 1 aromatic heterocycles. The van der Waals surface area contributed by atoms with Crippen molar-refractivity contribution in [2.24, 2.45) is 0 Å². The maximum Gasteiger partial charge on any atom is 0.415 e. The minimum absolute atomic E-state index is 0.0734. The summed E-state index contributed by atoms with van der Waals surface area (Å²) in [5.41, 5.74) is 6.53. The number of aromatic nitrogens is 1. The fourth-order valence-corrected chi connectivity index (χ4v) is 4.91. The molecule has 0 radical (unpaired) electrons. The molecule has 2 amide bonds. The number of aryl methyl sites for hydroxylation is 2. The molecule has 43 heavy (non-hydrogen) atoms. The van der Waals surface area contributed by atoms with Gasteiger partial charge in [-0.2, -0.15) is 0 Å². The second kappa shape index (κ2) is 13.0. The van der Waals surface area contributed by atoms with Crippen LogP contribution in [0, 0.1) is 20.8 Å². The number of hydrogen-bond acceptors (Lipinski definition) is 5. The van der Waals surface area contributed by atoms with Crippen molar-refractivity contribution in [3.8, 4) is 16.9 Å². The Bertz CT molecular complexity index is 1590. The average Bonchev–Trinajstić information content (AvgIpc) is 2.95. The summed E-state index contributed by atoms with van der Waals surface area (Å²) >= 11 is 0. The van der Waals surface area contributed by atoms with Crippen molar-refractivity contribution < 1.29 is 24.2 Å². The largest absolute Gasteiger partial charge is 0.496 e. The maximum atomic E-state index is 13.2. The number of pyridine rings is 1. The van der Waals surface area contributed by atoms with Crippen LogP contribution in [-0.2, 0) is 17.8 Å². The number of carbonyl (C=O) groups is 2. The summed E-state index contributed by atoms with van der Waals surface area (Å²) in [5, 5.41) is 10.2. The van der Waals surface area contributed by atoms with Crippen LogP contribution in [0.25, 0.3) is 11.1 Å². The highest BCUT2D eigenvalue weighted by molar-refractivity contribution is 5.89. The molecule has 4 aromatic rings. The molecule has 8 heteroatoms. The second-order valence-electron chi connectivity index (χ2n) is 11.6. The van der Waals surface area contributed by atoms with Gasteiger partial charge in [0.2, 0.25) is 0 Å². The molecule has 1 heterocycles. The number of nitrogens with zero attached hydrogens (tertiary/aromatic N) is 3. The van der Waals surface area contributed by atoms with E-state index in [0.717, 1.165) is 33.4 Å². The van der Waals surface area contributed by atoms with E-state index in [2.05, 4.69) is 4.98 Å². The normalized spacial score (nSPS) is 11.1. The molecule has 0 fully saturated rings. The first-order chi connectivity index (χ1) is 20.4. The van der Waals surface area contributed by atoms with Crippen molar-refractivity contribution in [3.05, 3.63) is 107 Å². The highest BCUT2D eigenvalue weighted by atomic mass is 16.6. The number of hydrogen-bond donors (Lipinski definition) is 1. The fourth-order valence-electron chi connectivity index (χ4n) is 4.91. The highest BCUT2D eigenvalue weighted by Crippen LogP contribution is 2.32. The van der Waals surface area contributed by atoms with E-state index in [9.17, 15) is 14.7 Å². The smallest absolute Gasteiger partial charge is 0.415 e. The number of rotatable bonds is 8. The molecule has 0 spiro atoms. The van der Waals surface area contributed by atoms with Crippen molar-refractivity contribution in [2.45, 2.75) is 60.2 Å². The Balaban J connectivity index is 1.66. The third-order valence-corrected chi connectivity index (χ3v) is 6.97. The standard InChI is InChI=1S/C35H39N3O5/c1-23-17-28(19-30(18-23)37(33(39)40)22-31-25(3)32(42-7)24(2)20-36-31)27-13-15-29(16-14-27)38(34(41)43-35(4,5)6)21-26-11-9-8-10-12-26/h8-20H,21-22H2,1-7H3,(H,39,40). The summed E-state index contributed by atoms with van der Waals surface area (Å²) in [6.07, 6.45) is 0.181. The Hall–Kier alpha value is -4.85.